The highest BCUT2D eigenvalue weighted by Gasteiger charge is 2.57. The molecule has 2 aliphatic rings. The average Bonchev–Trinajstić information content (AvgIpc) is 2.54. The first-order valence-corrected chi connectivity index (χ1v) is 8.21. The first-order chi connectivity index (χ1) is 10.5. The van der Waals surface area contributed by atoms with E-state index in [-0.39, 0.29) is 5.41 Å². The molecule has 22 heavy (non-hydrogen) atoms. The Morgan fingerprint density at radius 2 is 2.27 bits per heavy atom. The molecule has 2 fully saturated rings. The van der Waals surface area contributed by atoms with Crippen LogP contribution in [0, 0.1) is 11.3 Å². The Morgan fingerprint density at radius 3 is 3.05 bits per heavy atom. The zero-order chi connectivity index (χ0) is 15.7. The van der Waals surface area contributed by atoms with Gasteiger partial charge in [0.05, 0.1) is 19.3 Å². The van der Waals surface area contributed by atoms with Gasteiger partial charge in [0.1, 0.15) is 5.75 Å². The van der Waals surface area contributed by atoms with Crippen molar-refractivity contribution in [2.75, 3.05) is 20.3 Å². The van der Waals surface area contributed by atoms with Crippen molar-refractivity contribution in [3.63, 3.8) is 0 Å². The van der Waals surface area contributed by atoms with E-state index in [2.05, 4.69) is 19.2 Å². The second kappa shape index (κ2) is 6.19. The molecule has 0 aromatic heterocycles. The molecule has 0 amide bonds. The molecular weight excluding hydrogens is 278 g/mol. The average molecular weight is 305 g/mol. The molecule has 1 saturated carbocycles. The summed E-state index contributed by atoms with van der Waals surface area (Å²) in [5.74, 6) is 1.36. The van der Waals surface area contributed by atoms with Crippen LogP contribution in [0.4, 0.5) is 0 Å². The lowest BCUT2D eigenvalue weighted by Crippen LogP contribution is -2.69. The van der Waals surface area contributed by atoms with Crippen LogP contribution in [-0.4, -0.2) is 37.5 Å². The topological polar surface area (TPSA) is 50.7 Å². The van der Waals surface area contributed by atoms with Gasteiger partial charge < -0.3 is 19.9 Å². The van der Waals surface area contributed by atoms with Crippen LogP contribution in [0.3, 0.4) is 0 Å². The monoisotopic (exact) mass is 305 g/mol. The summed E-state index contributed by atoms with van der Waals surface area (Å²) in [5, 5.41) is 14.0. The maximum Gasteiger partial charge on any atom is 0.119 e. The van der Waals surface area contributed by atoms with Crippen molar-refractivity contribution in [3.05, 3.63) is 29.8 Å². The van der Waals surface area contributed by atoms with Gasteiger partial charge in [0.2, 0.25) is 0 Å². The fourth-order valence-corrected chi connectivity index (χ4v) is 4.14. The lowest BCUT2D eigenvalue weighted by molar-refractivity contribution is -0.193. The van der Waals surface area contributed by atoms with E-state index in [9.17, 15) is 5.11 Å². The van der Waals surface area contributed by atoms with Crippen molar-refractivity contribution < 1.29 is 14.6 Å². The third-order valence-electron chi connectivity index (χ3n) is 5.34. The minimum absolute atomic E-state index is 0.138. The Balaban J connectivity index is 1.59. The van der Waals surface area contributed by atoms with Gasteiger partial charge in [0.15, 0.2) is 0 Å². The Labute approximate surface area is 132 Å². The fourth-order valence-electron chi connectivity index (χ4n) is 4.14. The largest absolute Gasteiger partial charge is 0.497 e. The number of nitrogens with one attached hydrogen (secondary N) is 1. The highest BCUT2D eigenvalue weighted by molar-refractivity contribution is 5.30. The van der Waals surface area contributed by atoms with Gasteiger partial charge in [-0.05, 0) is 30.5 Å². The van der Waals surface area contributed by atoms with E-state index in [1.165, 1.54) is 6.42 Å². The summed E-state index contributed by atoms with van der Waals surface area (Å²) >= 11 is 0. The minimum Gasteiger partial charge on any atom is -0.497 e. The third kappa shape index (κ3) is 2.75. The van der Waals surface area contributed by atoms with E-state index < -0.39 is 6.10 Å². The summed E-state index contributed by atoms with van der Waals surface area (Å²) in [5.41, 5.74) is 1.03. The van der Waals surface area contributed by atoms with Crippen LogP contribution in [0.15, 0.2) is 24.3 Å². The van der Waals surface area contributed by atoms with E-state index in [0.29, 0.717) is 24.6 Å². The molecule has 1 heterocycles. The molecule has 1 aromatic carbocycles. The number of aliphatic hydroxyl groups is 1. The van der Waals surface area contributed by atoms with Gasteiger partial charge in [0, 0.05) is 30.5 Å². The van der Waals surface area contributed by atoms with Gasteiger partial charge in [-0.2, -0.15) is 0 Å². The van der Waals surface area contributed by atoms with Gasteiger partial charge in [-0.15, -0.1) is 0 Å². The van der Waals surface area contributed by atoms with Crippen LogP contribution in [0.1, 0.15) is 38.4 Å². The number of benzene rings is 1. The summed E-state index contributed by atoms with van der Waals surface area (Å²) in [6, 6.07) is 8.05. The minimum atomic E-state index is -0.519. The summed E-state index contributed by atoms with van der Waals surface area (Å²) in [7, 11) is 1.64. The molecule has 3 rings (SSSR count). The lowest BCUT2D eigenvalue weighted by Gasteiger charge is -2.60. The molecule has 1 aliphatic carbocycles. The molecule has 1 aliphatic heterocycles. The zero-order valence-electron chi connectivity index (χ0n) is 13.7. The SMILES string of the molecule is COc1cccc(C(O)CNC2C3CCCOC3C2(C)C)c1. The van der Waals surface area contributed by atoms with E-state index in [1.807, 2.05) is 24.3 Å². The number of rotatable bonds is 5. The molecule has 122 valence electrons. The predicted octanol–water partition coefficient (Wildman–Crippen LogP) is 2.52. The zero-order valence-corrected chi connectivity index (χ0v) is 13.7. The van der Waals surface area contributed by atoms with Gasteiger partial charge in [-0.25, -0.2) is 0 Å². The molecule has 4 heteroatoms. The summed E-state index contributed by atoms with van der Waals surface area (Å²) in [4.78, 5) is 0. The van der Waals surface area contributed by atoms with Crippen LogP contribution >= 0.6 is 0 Å². The van der Waals surface area contributed by atoms with E-state index in [0.717, 1.165) is 24.3 Å². The second-order valence-electron chi connectivity index (χ2n) is 7.10. The molecule has 4 nitrogen and oxygen atoms in total. The Hall–Kier alpha value is -1.10. The molecule has 0 radical (unpaired) electrons. The molecule has 0 spiro atoms. The van der Waals surface area contributed by atoms with Crippen molar-refractivity contribution in [1.29, 1.82) is 0 Å². The van der Waals surface area contributed by atoms with Crippen molar-refractivity contribution in [1.82, 2.24) is 5.32 Å². The third-order valence-corrected chi connectivity index (χ3v) is 5.34. The van der Waals surface area contributed by atoms with E-state index >= 15 is 0 Å². The maximum atomic E-state index is 10.4. The Morgan fingerprint density at radius 1 is 1.45 bits per heavy atom. The fraction of sp³-hybridized carbons (Fsp3) is 0.667. The summed E-state index contributed by atoms with van der Waals surface area (Å²) in [6.07, 6.45) is 2.22. The molecule has 0 bridgehead atoms. The lowest BCUT2D eigenvalue weighted by atomic mass is 9.55. The maximum absolute atomic E-state index is 10.4. The van der Waals surface area contributed by atoms with Crippen LogP contribution in [-0.2, 0) is 4.74 Å². The van der Waals surface area contributed by atoms with Gasteiger partial charge in [-0.1, -0.05) is 26.0 Å². The van der Waals surface area contributed by atoms with Gasteiger partial charge >= 0.3 is 0 Å². The normalized spacial score (nSPS) is 31.0. The first-order valence-electron chi connectivity index (χ1n) is 8.21. The summed E-state index contributed by atoms with van der Waals surface area (Å²) < 4.78 is 11.1. The quantitative estimate of drug-likeness (QED) is 0.878. The number of hydrogen-bond acceptors (Lipinski definition) is 4. The highest BCUT2D eigenvalue weighted by Crippen LogP contribution is 2.51. The van der Waals surface area contributed by atoms with E-state index in [4.69, 9.17) is 9.47 Å². The van der Waals surface area contributed by atoms with Crippen molar-refractivity contribution in [2.24, 2.45) is 11.3 Å². The first kappa shape index (κ1) is 15.8. The van der Waals surface area contributed by atoms with Crippen LogP contribution < -0.4 is 10.1 Å². The molecule has 1 saturated heterocycles. The number of hydrogen-bond donors (Lipinski definition) is 2. The molecule has 4 unspecified atom stereocenters. The smallest absolute Gasteiger partial charge is 0.119 e. The predicted molar refractivity (Wildman–Crippen MR) is 86.0 cm³/mol. The second-order valence-corrected chi connectivity index (χ2v) is 7.10. The Kier molecular flexibility index (Phi) is 4.44. The highest BCUT2D eigenvalue weighted by atomic mass is 16.5. The Bertz CT molecular complexity index is 517. The molecular formula is C18H27NO3. The number of ether oxygens (including phenoxy) is 2. The van der Waals surface area contributed by atoms with Gasteiger partial charge in [0.25, 0.3) is 0 Å². The summed E-state index contributed by atoms with van der Waals surface area (Å²) in [6.45, 7) is 5.97. The van der Waals surface area contributed by atoms with E-state index in [1.54, 1.807) is 7.11 Å². The number of aliphatic hydroxyl groups excluding tert-OH is 1. The number of methoxy groups -OCH3 is 1. The van der Waals surface area contributed by atoms with Crippen LogP contribution in [0.25, 0.3) is 0 Å². The van der Waals surface area contributed by atoms with Crippen molar-refractivity contribution in [2.45, 2.75) is 44.9 Å². The number of fused-ring (bicyclic) bond motifs is 1. The van der Waals surface area contributed by atoms with Crippen LogP contribution in [0.5, 0.6) is 5.75 Å². The molecule has 4 atom stereocenters. The molecule has 2 N–H and O–H groups in total. The van der Waals surface area contributed by atoms with Crippen molar-refractivity contribution >= 4 is 0 Å². The molecule has 1 aromatic rings. The standard InChI is InChI=1S/C18H27NO3/c1-18(2)16(14-8-5-9-22-17(14)18)19-11-15(20)12-6-4-7-13(10-12)21-3/h4,6-7,10,14-17,19-20H,5,8-9,11H2,1-3H3. The van der Waals surface area contributed by atoms with Gasteiger partial charge in [-0.3, -0.25) is 0 Å². The van der Waals surface area contributed by atoms with Crippen LogP contribution in [0.2, 0.25) is 0 Å². The van der Waals surface area contributed by atoms with Crippen molar-refractivity contribution in [3.8, 4) is 5.75 Å².